The molecule has 0 bridgehead atoms. The van der Waals surface area contributed by atoms with Crippen LogP contribution in [-0.2, 0) is 9.53 Å². The lowest BCUT2D eigenvalue weighted by atomic mass is 9.95. The summed E-state index contributed by atoms with van der Waals surface area (Å²) >= 11 is 0. The Bertz CT molecular complexity index is 464. The van der Waals surface area contributed by atoms with Crippen molar-refractivity contribution in [3.63, 3.8) is 0 Å². The molecule has 1 unspecified atom stereocenters. The van der Waals surface area contributed by atoms with Crippen molar-refractivity contribution in [1.82, 2.24) is 10.6 Å². The highest BCUT2D eigenvalue weighted by Crippen LogP contribution is 2.22. The minimum Gasteiger partial charge on any atom is -0.390 e. The average molecular weight is 320 g/mol. The van der Waals surface area contributed by atoms with Crippen molar-refractivity contribution in [3.8, 4) is 0 Å². The maximum Gasteiger partial charge on any atom is 0.251 e. The second kappa shape index (κ2) is 11.1. The monoisotopic (exact) mass is 320 g/mol. The normalized spacial score (nSPS) is 17.5. The second-order valence-corrected chi connectivity index (χ2v) is 6.09. The fraction of sp³-hybridized carbons (Fsp3) is 0.632. The van der Waals surface area contributed by atoms with Gasteiger partial charge in [0.05, 0.1) is 6.61 Å². The van der Waals surface area contributed by atoms with Crippen LogP contribution in [-0.4, -0.2) is 32.7 Å². The van der Waals surface area contributed by atoms with Crippen LogP contribution in [0.1, 0.15) is 46.5 Å². The predicted molar refractivity (Wildman–Crippen MR) is 96.1 cm³/mol. The fourth-order valence-corrected chi connectivity index (χ4v) is 2.66. The molecule has 1 aliphatic rings. The van der Waals surface area contributed by atoms with Crippen LogP contribution in [0.3, 0.4) is 0 Å². The van der Waals surface area contributed by atoms with E-state index < -0.39 is 0 Å². The molecule has 0 aromatic heterocycles. The average Bonchev–Trinajstić information content (AvgIpc) is 2.55. The van der Waals surface area contributed by atoms with Crippen LogP contribution in [0, 0.1) is 5.92 Å². The molecule has 23 heavy (non-hydrogen) atoms. The van der Waals surface area contributed by atoms with Crippen LogP contribution in [0.15, 0.2) is 35.1 Å². The van der Waals surface area contributed by atoms with Crippen LogP contribution >= 0.6 is 0 Å². The number of hydrogen-bond donors (Lipinski definition) is 2. The van der Waals surface area contributed by atoms with Crippen molar-refractivity contribution < 1.29 is 9.53 Å². The van der Waals surface area contributed by atoms with Gasteiger partial charge in [-0.15, -0.1) is 0 Å². The number of methoxy groups -OCH3 is 1. The lowest BCUT2D eigenvalue weighted by Crippen LogP contribution is -2.29. The third-order valence-corrected chi connectivity index (χ3v) is 4.20. The van der Waals surface area contributed by atoms with E-state index in [1.807, 2.05) is 13.0 Å². The molecule has 0 fully saturated rings. The van der Waals surface area contributed by atoms with Gasteiger partial charge in [-0.25, -0.2) is 0 Å². The van der Waals surface area contributed by atoms with Gasteiger partial charge in [0.15, 0.2) is 0 Å². The van der Waals surface area contributed by atoms with E-state index in [9.17, 15) is 4.79 Å². The SMILES string of the molecule is CCCC(CC)CN/C=C1/C=C(C(=O)NCCOC)C(C)=CC1. The predicted octanol–water partition coefficient (Wildman–Crippen LogP) is 3.33. The Morgan fingerprint density at radius 1 is 1.43 bits per heavy atom. The Morgan fingerprint density at radius 3 is 2.87 bits per heavy atom. The largest absolute Gasteiger partial charge is 0.390 e. The van der Waals surface area contributed by atoms with Gasteiger partial charge in [-0.2, -0.15) is 0 Å². The first-order chi connectivity index (χ1) is 11.1. The zero-order valence-corrected chi connectivity index (χ0v) is 15.1. The number of hydrogen-bond acceptors (Lipinski definition) is 3. The first-order valence-corrected chi connectivity index (χ1v) is 8.70. The highest BCUT2D eigenvalue weighted by Gasteiger charge is 2.15. The minimum atomic E-state index is -0.0289. The van der Waals surface area contributed by atoms with Gasteiger partial charge in [-0.3, -0.25) is 4.79 Å². The number of ether oxygens (including phenoxy) is 1. The van der Waals surface area contributed by atoms with Gasteiger partial charge in [-0.05, 0) is 42.9 Å². The van der Waals surface area contributed by atoms with Crippen molar-refractivity contribution in [2.75, 3.05) is 26.8 Å². The molecule has 4 nitrogen and oxygen atoms in total. The van der Waals surface area contributed by atoms with Crippen LogP contribution in [0.5, 0.6) is 0 Å². The molecule has 1 rings (SSSR count). The summed E-state index contributed by atoms with van der Waals surface area (Å²) in [5, 5.41) is 6.31. The van der Waals surface area contributed by atoms with E-state index in [0.29, 0.717) is 13.2 Å². The second-order valence-electron chi connectivity index (χ2n) is 6.09. The van der Waals surface area contributed by atoms with Gasteiger partial charge < -0.3 is 15.4 Å². The molecule has 2 N–H and O–H groups in total. The zero-order valence-electron chi connectivity index (χ0n) is 15.1. The van der Waals surface area contributed by atoms with Crippen LogP contribution in [0.2, 0.25) is 0 Å². The Morgan fingerprint density at radius 2 is 2.22 bits per heavy atom. The molecule has 0 radical (unpaired) electrons. The molecular weight excluding hydrogens is 288 g/mol. The van der Waals surface area contributed by atoms with Gasteiger partial charge >= 0.3 is 0 Å². The summed E-state index contributed by atoms with van der Waals surface area (Å²) < 4.78 is 4.96. The molecule has 0 saturated heterocycles. The van der Waals surface area contributed by atoms with Crippen molar-refractivity contribution in [1.29, 1.82) is 0 Å². The van der Waals surface area contributed by atoms with Crippen molar-refractivity contribution in [2.24, 2.45) is 5.92 Å². The maximum absolute atomic E-state index is 12.2. The summed E-state index contributed by atoms with van der Waals surface area (Å²) in [5.41, 5.74) is 2.94. The first kappa shape index (κ1) is 19.5. The molecule has 1 aliphatic carbocycles. The lowest BCUT2D eigenvalue weighted by molar-refractivity contribution is -0.117. The molecule has 0 spiro atoms. The molecule has 0 aliphatic heterocycles. The van der Waals surface area contributed by atoms with E-state index >= 15 is 0 Å². The number of rotatable bonds is 10. The first-order valence-electron chi connectivity index (χ1n) is 8.70. The highest BCUT2D eigenvalue weighted by molar-refractivity contribution is 5.98. The van der Waals surface area contributed by atoms with Gasteiger partial charge in [0.25, 0.3) is 5.91 Å². The van der Waals surface area contributed by atoms with E-state index in [1.165, 1.54) is 19.3 Å². The summed E-state index contributed by atoms with van der Waals surface area (Å²) in [7, 11) is 1.63. The van der Waals surface area contributed by atoms with Crippen molar-refractivity contribution in [3.05, 3.63) is 35.1 Å². The smallest absolute Gasteiger partial charge is 0.251 e. The van der Waals surface area contributed by atoms with Crippen LogP contribution in [0.25, 0.3) is 0 Å². The molecule has 0 saturated carbocycles. The number of allylic oxidation sites excluding steroid dienone is 3. The Hall–Kier alpha value is -1.55. The third-order valence-electron chi connectivity index (χ3n) is 4.20. The lowest BCUT2D eigenvalue weighted by Gasteiger charge is -2.17. The number of amides is 1. The highest BCUT2D eigenvalue weighted by atomic mass is 16.5. The quantitative estimate of drug-likeness (QED) is 0.607. The summed E-state index contributed by atoms with van der Waals surface area (Å²) in [6, 6.07) is 0. The van der Waals surface area contributed by atoms with Gasteiger partial charge in [0, 0.05) is 32.0 Å². The van der Waals surface area contributed by atoms with E-state index in [4.69, 9.17) is 4.74 Å². The number of carbonyl (C=O) groups excluding carboxylic acids is 1. The summed E-state index contributed by atoms with van der Waals surface area (Å²) in [4.78, 5) is 12.2. The number of nitrogens with one attached hydrogen (secondary N) is 2. The van der Waals surface area contributed by atoms with E-state index in [-0.39, 0.29) is 5.91 Å². The Kier molecular flexibility index (Phi) is 9.37. The van der Waals surface area contributed by atoms with Gasteiger partial charge in [0.1, 0.15) is 0 Å². The molecule has 1 amide bonds. The van der Waals surface area contributed by atoms with Crippen molar-refractivity contribution in [2.45, 2.75) is 46.5 Å². The third kappa shape index (κ3) is 7.04. The van der Waals surface area contributed by atoms with Gasteiger partial charge in [-0.1, -0.05) is 32.8 Å². The van der Waals surface area contributed by atoms with Crippen molar-refractivity contribution >= 4 is 5.91 Å². The summed E-state index contributed by atoms with van der Waals surface area (Å²) in [5.74, 6) is 0.692. The van der Waals surface area contributed by atoms with Gasteiger partial charge in [0.2, 0.25) is 0 Å². The van der Waals surface area contributed by atoms with Crippen LogP contribution in [0.4, 0.5) is 0 Å². The fourth-order valence-electron chi connectivity index (χ4n) is 2.66. The molecule has 0 aromatic rings. The summed E-state index contributed by atoms with van der Waals surface area (Å²) in [6.45, 7) is 8.52. The van der Waals surface area contributed by atoms with E-state index in [1.54, 1.807) is 7.11 Å². The van der Waals surface area contributed by atoms with E-state index in [0.717, 1.165) is 35.6 Å². The molecule has 4 heteroatoms. The maximum atomic E-state index is 12.2. The molecule has 1 atom stereocenters. The molecule has 0 aromatic carbocycles. The molecule has 130 valence electrons. The Labute approximate surface area is 141 Å². The zero-order chi connectivity index (χ0) is 17.1. The Balaban J connectivity index is 2.60. The summed E-state index contributed by atoms with van der Waals surface area (Å²) in [6.07, 6.45) is 10.7. The van der Waals surface area contributed by atoms with Crippen LogP contribution < -0.4 is 10.6 Å². The minimum absolute atomic E-state index is 0.0289. The standard InChI is InChI=1S/C19H32N2O2/c1-5-7-16(6-2)13-20-14-17-9-8-15(3)18(12-17)19(22)21-10-11-23-4/h8,12,14,16,20H,5-7,9-11,13H2,1-4H3,(H,21,22)/b17-14+. The molecular formula is C19H32N2O2. The van der Waals surface area contributed by atoms with E-state index in [2.05, 4.69) is 36.8 Å². The number of carbonyl (C=O) groups is 1. The molecule has 0 heterocycles. The topological polar surface area (TPSA) is 50.4 Å².